The average molecular weight is 305 g/mol. The van der Waals surface area contributed by atoms with E-state index in [1.54, 1.807) is 0 Å². The Kier molecular flexibility index (Phi) is 6.25. The highest BCUT2D eigenvalue weighted by Crippen LogP contribution is 2.29. The fraction of sp³-hybridized carbons (Fsp3) is 0.611. The molecule has 1 aromatic rings. The summed E-state index contributed by atoms with van der Waals surface area (Å²) in [6.07, 6.45) is 3.29. The van der Waals surface area contributed by atoms with Crippen molar-refractivity contribution < 1.29 is 14.6 Å². The largest absolute Gasteiger partial charge is 0.493 e. The molecule has 0 bridgehead atoms. The number of carbonyl (C=O) groups is 1. The van der Waals surface area contributed by atoms with Crippen molar-refractivity contribution in [2.45, 2.75) is 39.7 Å². The van der Waals surface area contributed by atoms with Crippen LogP contribution in [0.5, 0.6) is 5.75 Å². The summed E-state index contributed by atoms with van der Waals surface area (Å²) < 4.78 is 5.70. The number of rotatable bonds is 10. The molecule has 4 nitrogen and oxygen atoms in total. The van der Waals surface area contributed by atoms with Gasteiger partial charge in [-0.25, -0.2) is 0 Å². The monoisotopic (exact) mass is 305 g/mol. The Hall–Kier alpha value is -1.55. The Morgan fingerprint density at radius 2 is 2.00 bits per heavy atom. The van der Waals surface area contributed by atoms with Crippen molar-refractivity contribution in [1.29, 1.82) is 0 Å². The van der Waals surface area contributed by atoms with Gasteiger partial charge in [0.2, 0.25) is 0 Å². The van der Waals surface area contributed by atoms with Crippen LogP contribution in [-0.4, -0.2) is 24.2 Å². The zero-order chi connectivity index (χ0) is 15.9. The molecule has 0 spiro atoms. The van der Waals surface area contributed by atoms with E-state index < -0.39 is 5.97 Å². The minimum Gasteiger partial charge on any atom is -0.493 e. The van der Waals surface area contributed by atoms with Crippen LogP contribution in [0.15, 0.2) is 24.3 Å². The van der Waals surface area contributed by atoms with Crippen molar-refractivity contribution in [3.05, 3.63) is 29.8 Å². The summed E-state index contributed by atoms with van der Waals surface area (Å²) in [6, 6.07) is 8.05. The highest BCUT2D eigenvalue weighted by atomic mass is 16.5. The fourth-order valence-electron chi connectivity index (χ4n) is 2.43. The van der Waals surface area contributed by atoms with Gasteiger partial charge in [0.05, 0.1) is 12.5 Å². The summed E-state index contributed by atoms with van der Waals surface area (Å²) in [5, 5.41) is 12.5. The third-order valence-corrected chi connectivity index (χ3v) is 3.93. The van der Waals surface area contributed by atoms with E-state index >= 15 is 0 Å². The summed E-state index contributed by atoms with van der Waals surface area (Å²) in [5.41, 5.74) is 1.15. The molecule has 2 rings (SSSR count). The summed E-state index contributed by atoms with van der Waals surface area (Å²) >= 11 is 0. The lowest BCUT2D eigenvalue weighted by Gasteiger charge is -2.15. The van der Waals surface area contributed by atoms with Gasteiger partial charge in [-0.05, 0) is 48.8 Å². The molecular weight excluding hydrogens is 278 g/mol. The topological polar surface area (TPSA) is 58.6 Å². The van der Waals surface area contributed by atoms with Gasteiger partial charge in [0.1, 0.15) is 5.75 Å². The number of carboxylic acid groups (broad SMARTS) is 1. The van der Waals surface area contributed by atoms with Crippen LogP contribution in [0.4, 0.5) is 0 Å². The molecule has 0 amide bonds. The minimum atomic E-state index is -0.718. The van der Waals surface area contributed by atoms with Gasteiger partial charge in [0, 0.05) is 13.1 Å². The number of ether oxygens (including phenoxy) is 1. The lowest BCUT2D eigenvalue weighted by atomic mass is 9.97. The zero-order valence-corrected chi connectivity index (χ0v) is 13.5. The smallest absolute Gasteiger partial charge is 0.307 e. The molecule has 0 heterocycles. The summed E-state index contributed by atoms with van der Waals surface area (Å²) in [6.45, 7) is 6.12. The first-order valence-electron chi connectivity index (χ1n) is 8.20. The lowest BCUT2D eigenvalue weighted by Crippen LogP contribution is -2.29. The van der Waals surface area contributed by atoms with Gasteiger partial charge in [0.25, 0.3) is 0 Å². The van der Waals surface area contributed by atoms with Crippen LogP contribution in [-0.2, 0) is 11.3 Å². The molecule has 0 aromatic heterocycles. The first-order valence-corrected chi connectivity index (χ1v) is 8.20. The molecule has 1 atom stereocenters. The second kappa shape index (κ2) is 8.18. The summed E-state index contributed by atoms with van der Waals surface area (Å²) in [4.78, 5) is 11.2. The molecular formula is C18H27NO3. The van der Waals surface area contributed by atoms with Gasteiger partial charge < -0.3 is 15.2 Å². The molecule has 1 aromatic carbocycles. The molecule has 0 radical (unpaired) electrons. The maximum Gasteiger partial charge on any atom is 0.307 e. The Balaban J connectivity index is 1.71. The van der Waals surface area contributed by atoms with Gasteiger partial charge in [-0.15, -0.1) is 0 Å². The van der Waals surface area contributed by atoms with Gasteiger partial charge in [0.15, 0.2) is 0 Å². The molecule has 1 fully saturated rings. The second-order valence-electron chi connectivity index (χ2n) is 6.69. The van der Waals surface area contributed by atoms with Crippen molar-refractivity contribution in [3.8, 4) is 5.75 Å². The quantitative estimate of drug-likeness (QED) is 0.696. The van der Waals surface area contributed by atoms with Gasteiger partial charge >= 0.3 is 5.97 Å². The van der Waals surface area contributed by atoms with Crippen LogP contribution in [0.1, 0.15) is 38.7 Å². The predicted octanol–water partition coefficient (Wildman–Crippen LogP) is 3.31. The van der Waals surface area contributed by atoms with Crippen LogP contribution in [0.3, 0.4) is 0 Å². The standard InChI is InChI=1S/C18H27NO3/c1-13(2)9-16(18(20)21)11-19-10-14-5-7-17(8-6-14)22-12-15-3-4-15/h5-8,13,15-16,19H,3-4,9-12H2,1-2H3,(H,20,21). The van der Waals surface area contributed by atoms with E-state index in [1.165, 1.54) is 12.8 Å². The Labute approximate surface area is 132 Å². The van der Waals surface area contributed by atoms with Crippen molar-refractivity contribution in [2.75, 3.05) is 13.2 Å². The van der Waals surface area contributed by atoms with E-state index in [0.717, 1.165) is 23.8 Å². The first kappa shape index (κ1) is 16.8. The number of hydrogen-bond acceptors (Lipinski definition) is 3. The fourth-order valence-corrected chi connectivity index (χ4v) is 2.43. The van der Waals surface area contributed by atoms with Gasteiger partial charge in [-0.1, -0.05) is 26.0 Å². The maximum absolute atomic E-state index is 11.2. The Morgan fingerprint density at radius 3 is 2.55 bits per heavy atom. The number of carboxylic acids is 1. The van der Waals surface area contributed by atoms with E-state index in [2.05, 4.69) is 19.2 Å². The number of nitrogens with one attached hydrogen (secondary N) is 1. The SMILES string of the molecule is CC(C)CC(CNCc1ccc(OCC2CC2)cc1)C(=O)O. The molecule has 22 heavy (non-hydrogen) atoms. The molecule has 1 unspecified atom stereocenters. The predicted molar refractivity (Wildman–Crippen MR) is 86.9 cm³/mol. The molecule has 1 saturated carbocycles. The molecule has 0 saturated heterocycles. The number of hydrogen-bond donors (Lipinski definition) is 2. The van der Waals surface area contributed by atoms with Gasteiger partial charge in [-0.2, -0.15) is 0 Å². The second-order valence-corrected chi connectivity index (χ2v) is 6.69. The summed E-state index contributed by atoms with van der Waals surface area (Å²) in [7, 11) is 0. The van der Waals surface area contributed by atoms with Crippen LogP contribution < -0.4 is 10.1 Å². The first-order chi connectivity index (χ1) is 10.5. The van der Waals surface area contributed by atoms with E-state index in [9.17, 15) is 9.90 Å². The van der Waals surface area contributed by atoms with E-state index in [4.69, 9.17) is 4.74 Å². The highest BCUT2D eigenvalue weighted by molar-refractivity contribution is 5.70. The minimum absolute atomic E-state index is 0.318. The van der Waals surface area contributed by atoms with Crippen LogP contribution in [0, 0.1) is 17.8 Å². The number of benzene rings is 1. The van der Waals surface area contributed by atoms with Crippen molar-refractivity contribution in [2.24, 2.45) is 17.8 Å². The third kappa shape index (κ3) is 6.06. The molecule has 1 aliphatic rings. The lowest BCUT2D eigenvalue weighted by molar-refractivity contribution is -0.142. The zero-order valence-electron chi connectivity index (χ0n) is 13.5. The molecule has 4 heteroatoms. The molecule has 1 aliphatic carbocycles. The molecule has 122 valence electrons. The van der Waals surface area contributed by atoms with Crippen molar-refractivity contribution in [3.63, 3.8) is 0 Å². The number of aliphatic carboxylic acids is 1. The maximum atomic E-state index is 11.2. The van der Waals surface area contributed by atoms with Crippen LogP contribution in [0.25, 0.3) is 0 Å². The Bertz CT molecular complexity index is 466. The average Bonchev–Trinajstić information content (AvgIpc) is 3.29. The van der Waals surface area contributed by atoms with Crippen molar-refractivity contribution in [1.82, 2.24) is 5.32 Å². The van der Waals surface area contributed by atoms with Crippen LogP contribution >= 0.6 is 0 Å². The highest BCUT2D eigenvalue weighted by Gasteiger charge is 2.21. The normalized spacial score (nSPS) is 15.8. The summed E-state index contributed by atoms with van der Waals surface area (Å²) in [5.74, 6) is 1.03. The molecule has 2 N–H and O–H groups in total. The van der Waals surface area contributed by atoms with E-state index in [-0.39, 0.29) is 5.92 Å². The van der Waals surface area contributed by atoms with Crippen LogP contribution in [0.2, 0.25) is 0 Å². The Morgan fingerprint density at radius 1 is 1.32 bits per heavy atom. The van der Waals surface area contributed by atoms with E-state index in [1.807, 2.05) is 24.3 Å². The third-order valence-electron chi connectivity index (χ3n) is 3.93. The molecule has 0 aliphatic heterocycles. The van der Waals surface area contributed by atoms with Crippen molar-refractivity contribution >= 4 is 5.97 Å². The van der Waals surface area contributed by atoms with E-state index in [0.29, 0.717) is 25.4 Å². The van der Waals surface area contributed by atoms with Gasteiger partial charge in [-0.3, -0.25) is 4.79 Å².